The maximum Gasteiger partial charge on any atom is 0.330 e. The second kappa shape index (κ2) is 7.59. The highest BCUT2D eigenvalue weighted by Crippen LogP contribution is 2.38. The van der Waals surface area contributed by atoms with Crippen molar-refractivity contribution >= 4 is 0 Å². The predicted octanol–water partition coefficient (Wildman–Crippen LogP) is -0.0765. The van der Waals surface area contributed by atoms with Crippen LogP contribution in [-0.2, 0) is 9.47 Å². The summed E-state index contributed by atoms with van der Waals surface area (Å²) in [6.07, 6.45) is 0.949. The molecule has 0 spiro atoms. The van der Waals surface area contributed by atoms with Crippen LogP contribution < -0.4 is 16.6 Å². The number of H-pyrrole nitrogens is 1. The summed E-state index contributed by atoms with van der Waals surface area (Å²) in [5, 5.41) is 2.88. The Balaban J connectivity index is 2.36. The number of rotatable bonds is 4. The average molecular weight is 321 g/mol. The van der Waals surface area contributed by atoms with E-state index in [2.05, 4.69) is 29.1 Å². The third-order valence-electron chi connectivity index (χ3n) is 4.24. The molecule has 0 radical (unpaired) electrons. The van der Waals surface area contributed by atoms with E-state index in [1.807, 2.05) is 6.92 Å². The fourth-order valence-corrected chi connectivity index (χ4v) is 2.69. The molecule has 7 heteroatoms. The van der Waals surface area contributed by atoms with E-state index in [9.17, 15) is 9.59 Å². The van der Waals surface area contributed by atoms with Gasteiger partial charge in [-0.1, -0.05) is 25.7 Å². The van der Waals surface area contributed by atoms with Crippen LogP contribution in [0, 0.1) is 23.7 Å². The van der Waals surface area contributed by atoms with Gasteiger partial charge >= 0.3 is 5.69 Å². The van der Waals surface area contributed by atoms with E-state index in [0.717, 1.165) is 0 Å². The van der Waals surface area contributed by atoms with Gasteiger partial charge in [-0.3, -0.25) is 14.3 Å². The number of methoxy groups -OCH3 is 1. The SMILES string of the molecule is CNCC#Cc1cn(C2OC(COC)C(C)C2C)c(=O)[nH]c1=O. The number of hydrogen-bond donors (Lipinski definition) is 2. The lowest BCUT2D eigenvalue weighted by molar-refractivity contribution is -0.0457. The van der Waals surface area contributed by atoms with Crippen LogP contribution in [0.4, 0.5) is 0 Å². The maximum atomic E-state index is 12.2. The molecular formula is C16H23N3O4. The van der Waals surface area contributed by atoms with Crippen molar-refractivity contribution in [3.8, 4) is 11.8 Å². The highest BCUT2D eigenvalue weighted by Gasteiger charge is 2.40. The summed E-state index contributed by atoms with van der Waals surface area (Å²) in [4.78, 5) is 26.3. The van der Waals surface area contributed by atoms with Gasteiger partial charge in [0.15, 0.2) is 0 Å². The first kappa shape index (κ1) is 17.5. The molecule has 1 fully saturated rings. The monoisotopic (exact) mass is 321 g/mol. The third kappa shape index (κ3) is 3.72. The summed E-state index contributed by atoms with van der Waals surface area (Å²) in [6.45, 7) is 5.02. The molecule has 0 saturated carbocycles. The molecule has 1 saturated heterocycles. The van der Waals surface area contributed by atoms with Crippen molar-refractivity contribution in [1.82, 2.24) is 14.9 Å². The Bertz CT molecular complexity index is 713. The average Bonchev–Trinajstić information content (AvgIpc) is 2.78. The molecule has 1 aliphatic heterocycles. The summed E-state index contributed by atoms with van der Waals surface area (Å²) >= 11 is 0. The summed E-state index contributed by atoms with van der Waals surface area (Å²) in [7, 11) is 3.39. The van der Waals surface area contributed by atoms with Crippen LogP contribution in [-0.4, -0.2) is 43.0 Å². The summed E-state index contributed by atoms with van der Waals surface area (Å²) in [6, 6.07) is 0. The molecule has 0 bridgehead atoms. The van der Waals surface area contributed by atoms with Crippen molar-refractivity contribution in [1.29, 1.82) is 0 Å². The Morgan fingerprint density at radius 3 is 2.78 bits per heavy atom. The van der Waals surface area contributed by atoms with Crippen molar-refractivity contribution in [2.45, 2.75) is 26.2 Å². The standard InChI is InChI=1S/C16H23N3O4/c1-10-11(2)15(23-13(10)9-22-4)19-8-12(6-5-7-17-3)14(20)18-16(19)21/h8,10-11,13,15,17H,7,9H2,1-4H3,(H,18,20,21). The fraction of sp³-hybridized carbons (Fsp3) is 0.625. The summed E-state index contributed by atoms with van der Waals surface area (Å²) in [5.74, 6) is 5.93. The lowest BCUT2D eigenvalue weighted by Gasteiger charge is -2.18. The number of nitrogens with one attached hydrogen (secondary N) is 2. The van der Waals surface area contributed by atoms with Gasteiger partial charge in [-0.05, 0) is 13.0 Å². The maximum absolute atomic E-state index is 12.2. The largest absolute Gasteiger partial charge is 0.382 e. The van der Waals surface area contributed by atoms with Gasteiger partial charge in [-0.25, -0.2) is 4.79 Å². The van der Waals surface area contributed by atoms with Gasteiger partial charge in [-0.15, -0.1) is 0 Å². The topological polar surface area (TPSA) is 85.3 Å². The Kier molecular flexibility index (Phi) is 5.77. The Hall–Kier alpha value is -1.88. The molecule has 1 aliphatic rings. The van der Waals surface area contributed by atoms with Crippen LogP contribution in [0.1, 0.15) is 25.6 Å². The van der Waals surface area contributed by atoms with Crippen molar-refractivity contribution in [2.75, 3.05) is 27.3 Å². The number of ether oxygens (including phenoxy) is 2. The molecular weight excluding hydrogens is 298 g/mol. The highest BCUT2D eigenvalue weighted by molar-refractivity contribution is 5.30. The van der Waals surface area contributed by atoms with Crippen molar-refractivity contribution in [3.05, 3.63) is 32.6 Å². The quantitative estimate of drug-likeness (QED) is 0.758. The Labute approximate surface area is 135 Å². The van der Waals surface area contributed by atoms with Gasteiger partial charge in [0.05, 0.1) is 19.3 Å². The van der Waals surface area contributed by atoms with Crippen molar-refractivity contribution < 1.29 is 9.47 Å². The molecule has 4 atom stereocenters. The highest BCUT2D eigenvalue weighted by atomic mass is 16.5. The summed E-state index contributed by atoms with van der Waals surface area (Å²) in [5.41, 5.74) is -0.725. The minimum absolute atomic E-state index is 0.0855. The van der Waals surface area contributed by atoms with Crippen molar-refractivity contribution in [2.24, 2.45) is 11.8 Å². The van der Waals surface area contributed by atoms with E-state index in [-0.39, 0.29) is 23.5 Å². The van der Waals surface area contributed by atoms with E-state index in [4.69, 9.17) is 9.47 Å². The molecule has 126 valence electrons. The zero-order valence-electron chi connectivity index (χ0n) is 13.9. The van der Waals surface area contributed by atoms with E-state index in [1.54, 1.807) is 14.2 Å². The van der Waals surface area contributed by atoms with E-state index in [0.29, 0.717) is 13.2 Å². The number of aromatic amines is 1. The van der Waals surface area contributed by atoms with Gasteiger partial charge < -0.3 is 14.8 Å². The second-order valence-electron chi connectivity index (χ2n) is 5.78. The molecule has 2 N–H and O–H groups in total. The van der Waals surface area contributed by atoms with Gasteiger partial charge in [0, 0.05) is 19.2 Å². The zero-order valence-corrected chi connectivity index (χ0v) is 13.9. The minimum atomic E-state index is -0.490. The molecule has 1 aromatic heterocycles. The molecule has 23 heavy (non-hydrogen) atoms. The summed E-state index contributed by atoms with van der Waals surface area (Å²) < 4.78 is 12.6. The van der Waals surface area contributed by atoms with Crippen LogP contribution in [0.3, 0.4) is 0 Å². The van der Waals surface area contributed by atoms with Crippen molar-refractivity contribution in [3.63, 3.8) is 0 Å². The van der Waals surface area contributed by atoms with Crippen LogP contribution in [0.5, 0.6) is 0 Å². The number of aromatic nitrogens is 2. The first-order valence-corrected chi connectivity index (χ1v) is 7.63. The van der Waals surface area contributed by atoms with E-state index in [1.165, 1.54) is 10.8 Å². The lowest BCUT2D eigenvalue weighted by atomic mass is 9.93. The van der Waals surface area contributed by atoms with E-state index < -0.39 is 17.5 Å². The Morgan fingerprint density at radius 1 is 1.39 bits per heavy atom. The molecule has 0 aliphatic carbocycles. The molecule has 2 heterocycles. The Morgan fingerprint density at radius 2 is 2.13 bits per heavy atom. The fourth-order valence-electron chi connectivity index (χ4n) is 2.69. The normalized spacial score (nSPS) is 26.8. The van der Waals surface area contributed by atoms with Crippen LogP contribution in [0.2, 0.25) is 0 Å². The molecule has 0 aromatic carbocycles. The molecule has 2 rings (SSSR count). The zero-order chi connectivity index (χ0) is 17.0. The van der Waals surface area contributed by atoms with Crippen LogP contribution in [0.15, 0.2) is 15.8 Å². The van der Waals surface area contributed by atoms with Gasteiger partial charge in [-0.2, -0.15) is 0 Å². The van der Waals surface area contributed by atoms with Gasteiger partial charge in [0.1, 0.15) is 11.8 Å². The first-order chi connectivity index (χ1) is 11.0. The second-order valence-corrected chi connectivity index (χ2v) is 5.78. The third-order valence-corrected chi connectivity index (χ3v) is 4.24. The molecule has 4 unspecified atom stereocenters. The number of hydrogen-bond acceptors (Lipinski definition) is 5. The van der Waals surface area contributed by atoms with Crippen LogP contribution >= 0.6 is 0 Å². The predicted molar refractivity (Wildman–Crippen MR) is 86.2 cm³/mol. The van der Waals surface area contributed by atoms with Crippen LogP contribution in [0.25, 0.3) is 0 Å². The smallest absolute Gasteiger partial charge is 0.330 e. The minimum Gasteiger partial charge on any atom is -0.382 e. The molecule has 7 nitrogen and oxygen atoms in total. The first-order valence-electron chi connectivity index (χ1n) is 7.63. The number of nitrogens with zero attached hydrogens (tertiary/aromatic N) is 1. The molecule has 1 aromatic rings. The van der Waals surface area contributed by atoms with E-state index >= 15 is 0 Å². The lowest BCUT2D eigenvalue weighted by Crippen LogP contribution is -2.35. The van der Waals surface area contributed by atoms with Gasteiger partial charge in [0.2, 0.25) is 0 Å². The molecule has 0 amide bonds. The van der Waals surface area contributed by atoms with Gasteiger partial charge in [0.25, 0.3) is 5.56 Å².